The molecule has 30 heavy (non-hydrogen) atoms. The van der Waals surface area contributed by atoms with Gasteiger partial charge in [-0.3, -0.25) is 0 Å². The summed E-state index contributed by atoms with van der Waals surface area (Å²) in [6.07, 6.45) is 14.0. The Bertz CT molecular complexity index is 1070. The average molecular weight is 660 g/mol. The summed E-state index contributed by atoms with van der Waals surface area (Å²) in [6.45, 7) is 0. The molecule has 2 aliphatic carbocycles. The number of fused-ring (bicyclic) bond motifs is 6. The van der Waals surface area contributed by atoms with E-state index < -0.39 is 0 Å². The van der Waals surface area contributed by atoms with Crippen LogP contribution in [0.1, 0.15) is 34.5 Å². The summed E-state index contributed by atoms with van der Waals surface area (Å²) >= 11 is 9.26. The van der Waals surface area contributed by atoms with Crippen LogP contribution in [0.25, 0.3) is 12.2 Å². The second kappa shape index (κ2) is 9.33. The normalized spacial score (nSPS) is 20.3. The number of ether oxygens (including phenoxy) is 2. The van der Waals surface area contributed by atoms with Gasteiger partial charge in [0, 0.05) is 18.7 Å². The topological polar surface area (TPSA) is 18.5 Å². The first-order valence-electron chi connectivity index (χ1n) is 8.44. The smallest absolute Gasteiger partial charge is 1.00 e. The molecule has 2 aromatic carbocycles. The van der Waals surface area contributed by atoms with Crippen LogP contribution in [0.5, 0.6) is 0 Å². The van der Waals surface area contributed by atoms with Gasteiger partial charge in [0.15, 0.2) is 0 Å². The molecule has 2 unspecified atom stereocenters. The van der Waals surface area contributed by atoms with Crippen molar-refractivity contribution in [2.75, 3.05) is 0 Å². The quantitative estimate of drug-likeness (QED) is 0.448. The van der Waals surface area contributed by atoms with Gasteiger partial charge in [-0.25, -0.2) is 12.2 Å². The standard InChI is InChI=1S/C22H10Br2O2S.2ClH.Zr/c23-17-3-1-13-15(9-11-5-7-25-19(11)13)21(17)27-22-16-10-12-6-8-26-20(12)14(16)2-4-18(22)24;;;/h1-4,7-10,19-20H;2*1H;/q-2;;;+4/p-2. The summed E-state index contributed by atoms with van der Waals surface area (Å²) in [5.41, 5.74) is 6.96. The molecular weight excluding hydrogens is 650 g/mol. The van der Waals surface area contributed by atoms with Gasteiger partial charge in [-0.1, -0.05) is 35.0 Å². The van der Waals surface area contributed by atoms with Crippen LogP contribution in [0.2, 0.25) is 0 Å². The Morgan fingerprint density at radius 3 is 1.60 bits per heavy atom. The molecular formula is C22H10Br2Cl2O2SZr. The van der Waals surface area contributed by atoms with E-state index in [4.69, 9.17) is 9.47 Å². The Morgan fingerprint density at radius 2 is 1.17 bits per heavy atom. The number of hydrogen-bond donors (Lipinski definition) is 0. The molecule has 8 heteroatoms. The van der Waals surface area contributed by atoms with Crippen molar-refractivity contribution in [2.45, 2.75) is 22.0 Å². The monoisotopic (exact) mass is 656 g/mol. The van der Waals surface area contributed by atoms with E-state index >= 15 is 0 Å². The van der Waals surface area contributed by atoms with E-state index in [-0.39, 0.29) is 63.2 Å². The van der Waals surface area contributed by atoms with Crippen molar-refractivity contribution in [1.29, 1.82) is 0 Å². The number of benzene rings is 2. The van der Waals surface area contributed by atoms with Crippen LogP contribution >= 0.6 is 43.6 Å². The first-order valence-corrected chi connectivity index (χ1v) is 10.8. The zero-order chi connectivity index (χ0) is 18.1. The van der Waals surface area contributed by atoms with Crippen LogP contribution < -0.4 is 24.8 Å². The van der Waals surface area contributed by atoms with Crippen molar-refractivity contribution in [3.05, 3.63) is 91.3 Å². The number of hydrogen-bond acceptors (Lipinski definition) is 3. The summed E-state index contributed by atoms with van der Waals surface area (Å²) in [4.78, 5) is 2.37. The van der Waals surface area contributed by atoms with Crippen LogP contribution in [0.4, 0.5) is 0 Å². The Morgan fingerprint density at radius 1 is 0.733 bits per heavy atom. The van der Waals surface area contributed by atoms with Gasteiger partial charge in [0.1, 0.15) is 12.2 Å². The van der Waals surface area contributed by atoms with Crippen molar-refractivity contribution in [1.82, 2.24) is 0 Å². The van der Waals surface area contributed by atoms with Crippen molar-refractivity contribution in [2.24, 2.45) is 0 Å². The zero-order valence-electron chi connectivity index (χ0n) is 15.0. The van der Waals surface area contributed by atoms with E-state index in [9.17, 15) is 0 Å². The third-order valence-electron chi connectivity index (χ3n) is 5.16. The van der Waals surface area contributed by atoms with Gasteiger partial charge in [-0.05, 0) is 67.6 Å². The van der Waals surface area contributed by atoms with Crippen LogP contribution in [0, 0.1) is 12.2 Å². The fraction of sp³-hybridized carbons (Fsp3) is 0.0909. The Kier molecular flexibility index (Phi) is 7.59. The molecule has 2 atom stereocenters. The van der Waals surface area contributed by atoms with Crippen molar-refractivity contribution in [3.8, 4) is 0 Å². The third-order valence-corrected chi connectivity index (χ3v) is 8.29. The molecule has 0 radical (unpaired) electrons. The first-order chi connectivity index (χ1) is 13.2. The van der Waals surface area contributed by atoms with Gasteiger partial charge in [0.05, 0.1) is 0 Å². The van der Waals surface area contributed by atoms with Gasteiger partial charge in [0.25, 0.3) is 0 Å². The Hall–Kier alpha value is -0.227. The first kappa shape index (κ1) is 24.4. The number of rotatable bonds is 2. The van der Waals surface area contributed by atoms with Crippen LogP contribution in [-0.4, -0.2) is 0 Å². The van der Waals surface area contributed by atoms with Crippen molar-refractivity contribution < 1.29 is 60.5 Å². The van der Waals surface area contributed by atoms with E-state index in [1.165, 1.54) is 32.0 Å². The van der Waals surface area contributed by atoms with Crippen LogP contribution in [0.15, 0.2) is 66.7 Å². The second-order valence-electron chi connectivity index (χ2n) is 6.62. The molecule has 148 valence electrons. The van der Waals surface area contributed by atoms with Gasteiger partial charge in [-0.2, -0.15) is 23.3 Å². The van der Waals surface area contributed by atoms with Gasteiger partial charge < -0.3 is 34.3 Å². The fourth-order valence-electron chi connectivity index (χ4n) is 3.91. The molecule has 2 aliphatic heterocycles. The molecule has 2 heterocycles. The maximum absolute atomic E-state index is 5.72. The Labute approximate surface area is 227 Å². The van der Waals surface area contributed by atoms with Crippen molar-refractivity contribution >= 4 is 55.8 Å². The molecule has 0 saturated heterocycles. The zero-order valence-corrected chi connectivity index (χ0v) is 23.0. The fourth-order valence-corrected chi connectivity index (χ4v) is 6.19. The van der Waals surface area contributed by atoms with Gasteiger partial charge >= 0.3 is 26.2 Å². The minimum Gasteiger partial charge on any atom is -1.00 e. The average Bonchev–Trinajstić information content (AvgIpc) is 3.39. The predicted molar refractivity (Wildman–Crippen MR) is 112 cm³/mol. The second-order valence-corrected chi connectivity index (χ2v) is 9.35. The summed E-state index contributed by atoms with van der Waals surface area (Å²) in [5, 5.41) is 0. The molecule has 0 aromatic heterocycles. The molecule has 2 nitrogen and oxygen atoms in total. The van der Waals surface area contributed by atoms with Gasteiger partial charge in [0.2, 0.25) is 0 Å². The Balaban J connectivity index is 0.000000853. The molecule has 2 aromatic rings. The molecule has 0 bridgehead atoms. The summed E-state index contributed by atoms with van der Waals surface area (Å²) in [6, 6.07) is 8.46. The SMILES string of the molecule is Brc1ccc2c(c1Sc1c(Br)ccc3c1C=C1[C-]=COC13)C=C1[C-]=COC12.[Cl-].[Cl-].[Zr+4]. The van der Waals surface area contributed by atoms with E-state index in [2.05, 4.69) is 80.4 Å². The molecule has 0 saturated carbocycles. The van der Waals surface area contributed by atoms with Crippen LogP contribution in [-0.2, 0) is 35.7 Å². The molecule has 0 spiro atoms. The van der Waals surface area contributed by atoms with E-state index in [0.29, 0.717) is 0 Å². The third kappa shape index (κ3) is 3.66. The maximum atomic E-state index is 5.72. The summed E-state index contributed by atoms with van der Waals surface area (Å²) < 4.78 is 13.6. The van der Waals surface area contributed by atoms with E-state index in [1.54, 1.807) is 24.3 Å². The van der Waals surface area contributed by atoms with Gasteiger partial charge in [-0.15, -0.1) is 0 Å². The van der Waals surface area contributed by atoms with Crippen LogP contribution in [0.3, 0.4) is 0 Å². The number of halogens is 4. The molecule has 0 fully saturated rings. The molecule has 4 aliphatic rings. The minimum absolute atomic E-state index is 0. The molecule has 0 amide bonds. The molecule has 6 rings (SSSR count). The minimum atomic E-state index is -0.0213. The molecule has 0 N–H and O–H groups in total. The summed E-state index contributed by atoms with van der Waals surface area (Å²) in [7, 11) is 0. The summed E-state index contributed by atoms with van der Waals surface area (Å²) in [5.74, 6) is 0. The predicted octanol–water partition coefficient (Wildman–Crippen LogP) is 0.939. The van der Waals surface area contributed by atoms with E-state index in [1.807, 2.05) is 0 Å². The largest absolute Gasteiger partial charge is 4.00 e. The van der Waals surface area contributed by atoms with Crippen molar-refractivity contribution in [3.63, 3.8) is 0 Å². The van der Waals surface area contributed by atoms with E-state index in [0.717, 1.165) is 20.1 Å². The maximum Gasteiger partial charge on any atom is 4.00 e.